The van der Waals surface area contributed by atoms with Crippen LogP contribution in [0.5, 0.6) is 0 Å². The summed E-state index contributed by atoms with van der Waals surface area (Å²) in [5.41, 5.74) is 3.39. The van der Waals surface area contributed by atoms with Crippen LogP contribution in [-0.4, -0.2) is 33.2 Å². The molecule has 164 valence electrons. The average molecular weight is 457 g/mol. The molecule has 0 bridgehead atoms. The molecule has 1 saturated heterocycles. The van der Waals surface area contributed by atoms with Crippen molar-refractivity contribution in [2.45, 2.75) is 12.5 Å². The van der Waals surface area contributed by atoms with Crippen molar-refractivity contribution in [3.05, 3.63) is 112 Å². The summed E-state index contributed by atoms with van der Waals surface area (Å²) in [6.07, 6.45) is 2.51. The number of ketones is 1. The first kappa shape index (κ1) is 21.0. The zero-order valence-corrected chi connectivity index (χ0v) is 18.4. The maximum absolute atomic E-state index is 13.1. The highest BCUT2D eigenvalue weighted by Gasteiger charge is 2.45. The highest BCUT2D eigenvalue weighted by molar-refractivity contribution is 6.46. The molecule has 0 aliphatic carbocycles. The van der Waals surface area contributed by atoms with Crippen molar-refractivity contribution in [2.75, 3.05) is 6.54 Å². The van der Waals surface area contributed by atoms with Crippen molar-refractivity contribution < 1.29 is 14.7 Å². The number of amides is 1. The molecule has 5 nitrogen and oxygen atoms in total. The highest BCUT2D eigenvalue weighted by atomic mass is 35.5. The Morgan fingerprint density at radius 1 is 0.939 bits per heavy atom. The maximum Gasteiger partial charge on any atom is 0.295 e. The summed E-state index contributed by atoms with van der Waals surface area (Å²) in [7, 11) is 0. The van der Waals surface area contributed by atoms with Gasteiger partial charge in [0.1, 0.15) is 5.76 Å². The number of Topliss-reactive ketones (excluding diaryl/α,β-unsaturated/α-hetero) is 1. The van der Waals surface area contributed by atoms with Crippen molar-refractivity contribution in [3.8, 4) is 0 Å². The van der Waals surface area contributed by atoms with Crippen molar-refractivity contribution in [3.63, 3.8) is 0 Å². The Morgan fingerprint density at radius 2 is 1.64 bits per heavy atom. The van der Waals surface area contributed by atoms with Crippen LogP contribution in [0, 0.1) is 0 Å². The minimum atomic E-state index is -0.685. The number of hydrogen-bond acceptors (Lipinski definition) is 3. The number of aromatic amines is 1. The van der Waals surface area contributed by atoms with E-state index in [2.05, 4.69) is 4.98 Å². The van der Waals surface area contributed by atoms with Crippen LogP contribution in [-0.2, 0) is 16.0 Å². The van der Waals surface area contributed by atoms with E-state index in [1.165, 1.54) is 0 Å². The number of hydrogen-bond donors (Lipinski definition) is 2. The van der Waals surface area contributed by atoms with E-state index in [-0.39, 0.29) is 11.3 Å². The Morgan fingerprint density at radius 3 is 2.39 bits per heavy atom. The number of para-hydroxylation sites is 1. The standard InChI is InChI=1S/C27H21ClN2O3/c28-20-12-10-18(11-13-20)25(31)23-24(17-6-2-1-3-7-17)30(27(33)26(23)32)15-14-19-16-29-22-9-5-4-8-21(19)22/h1-13,16,24,29,31H,14-15H2/b25-23+. The molecule has 6 heteroatoms. The number of halogens is 1. The Kier molecular flexibility index (Phi) is 5.48. The largest absolute Gasteiger partial charge is 0.507 e. The monoisotopic (exact) mass is 456 g/mol. The molecule has 1 amide bonds. The number of carbonyl (C=O) groups is 2. The number of likely N-dealkylation sites (tertiary alicyclic amines) is 1. The summed E-state index contributed by atoms with van der Waals surface area (Å²) in [4.78, 5) is 31.0. The van der Waals surface area contributed by atoms with Crippen LogP contribution < -0.4 is 0 Å². The average Bonchev–Trinajstić information content (AvgIpc) is 3.37. The fourth-order valence-electron chi connectivity index (χ4n) is 4.44. The van der Waals surface area contributed by atoms with Crippen molar-refractivity contribution in [2.24, 2.45) is 0 Å². The number of H-pyrrole nitrogens is 1. The van der Waals surface area contributed by atoms with Gasteiger partial charge in [0.2, 0.25) is 0 Å². The van der Waals surface area contributed by atoms with Gasteiger partial charge in [-0.25, -0.2) is 0 Å². The van der Waals surface area contributed by atoms with E-state index < -0.39 is 17.7 Å². The van der Waals surface area contributed by atoms with Gasteiger partial charge in [-0.3, -0.25) is 9.59 Å². The van der Waals surface area contributed by atoms with Crippen LogP contribution in [0.15, 0.2) is 90.6 Å². The molecule has 5 rings (SSSR count). The summed E-state index contributed by atoms with van der Waals surface area (Å²) < 4.78 is 0. The van der Waals surface area contributed by atoms with E-state index in [1.54, 1.807) is 29.2 Å². The number of rotatable bonds is 5. The molecule has 1 atom stereocenters. The Balaban J connectivity index is 1.55. The van der Waals surface area contributed by atoms with Crippen LogP contribution in [0.2, 0.25) is 5.02 Å². The molecule has 1 aliphatic heterocycles. The number of nitrogens with one attached hydrogen (secondary N) is 1. The first-order chi connectivity index (χ1) is 16.0. The predicted octanol–water partition coefficient (Wildman–Crippen LogP) is 5.49. The lowest BCUT2D eigenvalue weighted by Gasteiger charge is -2.25. The predicted molar refractivity (Wildman–Crippen MR) is 129 cm³/mol. The van der Waals surface area contributed by atoms with Crippen molar-refractivity contribution >= 4 is 40.0 Å². The van der Waals surface area contributed by atoms with Gasteiger partial charge in [0, 0.05) is 34.2 Å². The molecular formula is C27H21ClN2O3. The van der Waals surface area contributed by atoms with Gasteiger partial charge < -0.3 is 15.0 Å². The number of nitrogens with zero attached hydrogens (tertiary/aromatic N) is 1. The zero-order chi connectivity index (χ0) is 22.9. The second-order valence-electron chi connectivity index (χ2n) is 8.02. The fourth-order valence-corrected chi connectivity index (χ4v) is 4.56. The molecule has 1 aromatic heterocycles. The van der Waals surface area contributed by atoms with Crippen LogP contribution >= 0.6 is 11.6 Å². The van der Waals surface area contributed by atoms with Crippen LogP contribution in [0.25, 0.3) is 16.7 Å². The molecule has 1 aliphatic rings. The quantitative estimate of drug-likeness (QED) is 0.237. The van der Waals surface area contributed by atoms with E-state index in [1.807, 2.05) is 60.8 Å². The van der Waals surface area contributed by atoms with E-state index >= 15 is 0 Å². The molecule has 2 heterocycles. The fraction of sp³-hybridized carbons (Fsp3) is 0.111. The number of fused-ring (bicyclic) bond motifs is 1. The first-order valence-electron chi connectivity index (χ1n) is 10.7. The van der Waals surface area contributed by atoms with Crippen molar-refractivity contribution in [1.29, 1.82) is 0 Å². The van der Waals surface area contributed by atoms with E-state index in [0.29, 0.717) is 23.6 Å². The lowest BCUT2D eigenvalue weighted by molar-refractivity contribution is -0.139. The topological polar surface area (TPSA) is 73.4 Å². The van der Waals surface area contributed by atoms with E-state index in [0.717, 1.165) is 22.0 Å². The van der Waals surface area contributed by atoms with Crippen LogP contribution in [0.1, 0.15) is 22.7 Å². The van der Waals surface area contributed by atoms with E-state index in [9.17, 15) is 14.7 Å². The normalized spacial score (nSPS) is 17.7. The Labute approximate surface area is 195 Å². The molecular weight excluding hydrogens is 436 g/mol. The van der Waals surface area contributed by atoms with Gasteiger partial charge in [0.25, 0.3) is 11.7 Å². The van der Waals surface area contributed by atoms with Gasteiger partial charge in [-0.05, 0) is 47.9 Å². The molecule has 0 saturated carbocycles. The number of aromatic nitrogens is 1. The van der Waals surface area contributed by atoms with Gasteiger partial charge in [-0.2, -0.15) is 0 Å². The SMILES string of the molecule is O=C1C(=O)N(CCc2c[nH]c3ccccc23)C(c2ccccc2)/C1=C(\O)c1ccc(Cl)cc1. The number of benzene rings is 3. The summed E-state index contributed by atoms with van der Waals surface area (Å²) in [5.74, 6) is -1.50. The smallest absolute Gasteiger partial charge is 0.295 e. The van der Waals surface area contributed by atoms with E-state index in [4.69, 9.17) is 11.6 Å². The number of aliphatic hydroxyl groups is 1. The first-order valence-corrected chi connectivity index (χ1v) is 11.1. The molecule has 33 heavy (non-hydrogen) atoms. The third-order valence-electron chi connectivity index (χ3n) is 6.07. The lowest BCUT2D eigenvalue weighted by Crippen LogP contribution is -2.31. The van der Waals surface area contributed by atoms with Gasteiger partial charge in [-0.1, -0.05) is 60.1 Å². The molecule has 1 fully saturated rings. The molecule has 4 aromatic rings. The Hall–Kier alpha value is -3.83. The molecule has 0 spiro atoms. The van der Waals surface area contributed by atoms with Crippen LogP contribution in [0.4, 0.5) is 0 Å². The summed E-state index contributed by atoms with van der Waals surface area (Å²) in [5, 5.41) is 12.7. The third kappa shape index (κ3) is 3.81. The molecule has 1 unspecified atom stereocenters. The minimum Gasteiger partial charge on any atom is -0.507 e. The second kappa shape index (κ2) is 8.60. The van der Waals surface area contributed by atoms with Gasteiger partial charge in [-0.15, -0.1) is 0 Å². The Bertz CT molecular complexity index is 1370. The number of aliphatic hydroxyl groups excluding tert-OH is 1. The molecule has 0 radical (unpaired) electrons. The maximum atomic E-state index is 13.1. The summed E-state index contributed by atoms with van der Waals surface area (Å²) in [6.45, 7) is 0.337. The molecule has 2 N–H and O–H groups in total. The van der Waals surface area contributed by atoms with Gasteiger partial charge in [0.15, 0.2) is 0 Å². The minimum absolute atomic E-state index is 0.0902. The number of carbonyl (C=O) groups excluding carboxylic acids is 2. The lowest BCUT2D eigenvalue weighted by atomic mass is 9.95. The summed E-state index contributed by atoms with van der Waals surface area (Å²) >= 11 is 5.98. The second-order valence-corrected chi connectivity index (χ2v) is 8.46. The van der Waals surface area contributed by atoms with Crippen molar-refractivity contribution in [1.82, 2.24) is 9.88 Å². The summed E-state index contributed by atoms with van der Waals surface area (Å²) in [6, 6.07) is 23.2. The molecule has 3 aromatic carbocycles. The third-order valence-corrected chi connectivity index (χ3v) is 6.32. The highest BCUT2D eigenvalue weighted by Crippen LogP contribution is 2.39. The van der Waals surface area contributed by atoms with Crippen LogP contribution in [0.3, 0.4) is 0 Å². The van der Waals surface area contributed by atoms with Gasteiger partial charge in [0.05, 0.1) is 11.6 Å². The zero-order valence-electron chi connectivity index (χ0n) is 17.7. The van der Waals surface area contributed by atoms with Gasteiger partial charge >= 0.3 is 0 Å².